The van der Waals surface area contributed by atoms with Crippen LogP contribution in [0.3, 0.4) is 0 Å². The molecule has 0 saturated heterocycles. The number of anilines is 1. The highest BCUT2D eigenvalue weighted by Gasteiger charge is 2.39. The van der Waals surface area contributed by atoms with E-state index in [1.807, 2.05) is 18.2 Å². The third-order valence-corrected chi connectivity index (χ3v) is 8.36. The normalized spacial score (nSPS) is 13.5. The molecule has 0 bridgehead atoms. The molecule has 0 radical (unpaired) electrons. The molecule has 0 aliphatic heterocycles. The Kier molecular flexibility index (Phi) is 6.06. The van der Waals surface area contributed by atoms with Gasteiger partial charge in [0.2, 0.25) is 0 Å². The zero-order valence-corrected chi connectivity index (χ0v) is 19.4. The predicted molar refractivity (Wildman–Crippen MR) is 117 cm³/mol. The first-order valence-corrected chi connectivity index (χ1v) is 12.8. The van der Waals surface area contributed by atoms with Crippen molar-refractivity contribution in [1.29, 1.82) is 0 Å². The lowest BCUT2D eigenvalue weighted by Crippen LogP contribution is -2.38. The summed E-state index contributed by atoms with van der Waals surface area (Å²) in [6.45, 7) is 1.20. The Labute approximate surface area is 179 Å². The van der Waals surface area contributed by atoms with Crippen molar-refractivity contribution >= 4 is 65.9 Å². The minimum absolute atomic E-state index is 0.0954. The van der Waals surface area contributed by atoms with E-state index in [1.165, 1.54) is 19.1 Å². The molecule has 3 aromatic carbocycles. The Balaban J connectivity index is 2.33. The Morgan fingerprint density at radius 1 is 0.964 bits per heavy atom. The van der Waals surface area contributed by atoms with Crippen molar-refractivity contribution in [3.05, 3.63) is 69.6 Å². The minimum atomic E-state index is -4.77. The number of benzene rings is 3. The molecule has 1 unspecified atom stereocenters. The highest BCUT2D eigenvalue weighted by molar-refractivity contribution is 9.11. The summed E-state index contributed by atoms with van der Waals surface area (Å²) in [4.78, 5) is 19.5. The summed E-state index contributed by atoms with van der Waals surface area (Å²) >= 11 is 6.52. The van der Waals surface area contributed by atoms with Gasteiger partial charge in [-0.2, -0.15) is 0 Å². The molecule has 10 heteroatoms. The molecule has 28 heavy (non-hydrogen) atoms. The molecule has 0 saturated carbocycles. The summed E-state index contributed by atoms with van der Waals surface area (Å²) in [5.74, 6) is -1.60. The molecule has 0 fully saturated rings. The van der Waals surface area contributed by atoms with Gasteiger partial charge in [0.1, 0.15) is 5.78 Å². The van der Waals surface area contributed by atoms with E-state index < -0.39 is 23.4 Å². The summed E-state index contributed by atoms with van der Waals surface area (Å²) in [6.07, 6.45) is 0. The van der Waals surface area contributed by atoms with Gasteiger partial charge in [0.25, 0.3) is 10.0 Å². The van der Waals surface area contributed by atoms with Crippen molar-refractivity contribution in [3.63, 3.8) is 0 Å². The quantitative estimate of drug-likeness (QED) is 0.433. The monoisotopic (exact) mass is 547 g/mol. The molecule has 1 atom stereocenters. The first kappa shape index (κ1) is 21.5. The van der Waals surface area contributed by atoms with Crippen LogP contribution in [0.2, 0.25) is 0 Å². The summed E-state index contributed by atoms with van der Waals surface area (Å²) in [7, 11) is -9.07. The third-order valence-electron chi connectivity index (χ3n) is 4.22. The Morgan fingerprint density at radius 2 is 1.54 bits per heavy atom. The van der Waals surface area contributed by atoms with Gasteiger partial charge in [0.15, 0.2) is 0 Å². The molecule has 0 aliphatic rings. The van der Waals surface area contributed by atoms with Crippen molar-refractivity contribution in [2.24, 2.45) is 0 Å². The lowest BCUT2D eigenvalue weighted by Gasteiger charge is -2.31. The summed E-state index contributed by atoms with van der Waals surface area (Å²) < 4.78 is 40.9. The minimum Gasteiger partial charge on any atom is -0.323 e. The second-order valence-corrected chi connectivity index (χ2v) is 11.7. The van der Waals surface area contributed by atoms with Gasteiger partial charge in [-0.15, -0.1) is 0 Å². The Bertz CT molecular complexity index is 1170. The van der Waals surface area contributed by atoms with Crippen LogP contribution in [-0.4, -0.2) is 24.0 Å². The van der Waals surface area contributed by atoms with Crippen LogP contribution in [0.25, 0.3) is 10.8 Å². The second-order valence-electron chi connectivity index (χ2n) is 6.13. The molecule has 0 heterocycles. The van der Waals surface area contributed by atoms with Gasteiger partial charge in [0.05, 0.1) is 10.6 Å². The van der Waals surface area contributed by atoms with Gasteiger partial charge >= 0.3 is 7.60 Å². The molecular formula is C18H16Br2NO5PS. The average Bonchev–Trinajstić information content (AvgIpc) is 2.60. The fourth-order valence-electron chi connectivity index (χ4n) is 2.86. The maximum atomic E-state index is 13.5. The Morgan fingerprint density at radius 3 is 2.14 bits per heavy atom. The maximum absolute atomic E-state index is 13.5. The number of rotatable bonds is 5. The van der Waals surface area contributed by atoms with E-state index in [4.69, 9.17) is 0 Å². The highest BCUT2D eigenvalue weighted by atomic mass is 79.9. The topological polar surface area (TPSA) is 94.9 Å². The van der Waals surface area contributed by atoms with E-state index in [1.54, 1.807) is 30.3 Å². The number of hydrogen-bond acceptors (Lipinski definition) is 3. The summed E-state index contributed by atoms with van der Waals surface area (Å²) in [5.41, 5.74) is 0.199. The summed E-state index contributed by atoms with van der Waals surface area (Å²) in [5, 5.41) is 1.33. The van der Waals surface area contributed by atoms with E-state index in [0.717, 1.165) is 9.69 Å². The summed E-state index contributed by atoms with van der Waals surface area (Å²) in [6, 6.07) is 16.5. The lowest BCUT2D eigenvalue weighted by atomic mass is 10.1. The van der Waals surface area contributed by atoms with Crippen LogP contribution in [0.5, 0.6) is 0 Å². The number of nitrogens with zero attached hydrogens (tertiary/aromatic N) is 1. The number of fused-ring (bicyclic) bond motifs is 1. The van der Waals surface area contributed by atoms with Crippen molar-refractivity contribution < 1.29 is 22.8 Å². The van der Waals surface area contributed by atoms with Crippen LogP contribution in [0.15, 0.2) is 74.5 Å². The van der Waals surface area contributed by atoms with Crippen molar-refractivity contribution in [1.82, 2.24) is 0 Å². The standard InChI is InChI=1S/C18H16Br2NO5PS/c1-12(27(22,23)24)21(18-8-4-6-13-5-2-3-7-17(13)18)28(25,26)16-10-14(19)9-15(20)11-16/h2-12H,1H3,(H2,22,23,24). The molecule has 0 amide bonds. The van der Waals surface area contributed by atoms with E-state index in [2.05, 4.69) is 31.9 Å². The lowest BCUT2D eigenvalue weighted by molar-refractivity contribution is 0.361. The second kappa shape index (κ2) is 7.89. The first-order chi connectivity index (χ1) is 13.0. The van der Waals surface area contributed by atoms with E-state index in [-0.39, 0.29) is 10.6 Å². The molecule has 148 valence electrons. The van der Waals surface area contributed by atoms with E-state index in [0.29, 0.717) is 14.3 Å². The van der Waals surface area contributed by atoms with Crippen LogP contribution in [0.4, 0.5) is 5.69 Å². The van der Waals surface area contributed by atoms with Gasteiger partial charge in [-0.05, 0) is 36.6 Å². The first-order valence-electron chi connectivity index (χ1n) is 8.05. The van der Waals surface area contributed by atoms with Gasteiger partial charge in [0, 0.05) is 14.3 Å². The molecule has 0 aromatic heterocycles. The van der Waals surface area contributed by atoms with Gasteiger partial charge in [-0.25, -0.2) is 8.42 Å². The van der Waals surface area contributed by atoms with Crippen LogP contribution >= 0.6 is 39.5 Å². The van der Waals surface area contributed by atoms with Crippen molar-refractivity contribution in [2.45, 2.75) is 17.6 Å². The fraction of sp³-hybridized carbons (Fsp3) is 0.111. The smallest absolute Gasteiger partial charge is 0.323 e. The molecule has 3 rings (SSSR count). The maximum Gasteiger partial charge on any atom is 0.348 e. The van der Waals surface area contributed by atoms with Gasteiger partial charge in [-0.3, -0.25) is 8.87 Å². The molecule has 0 spiro atoms. The zero-order valence-electron chi connectivity index (χ0n) is 14.5. The number of halogens is 2. The van der Waals surface area contributed by atoms with E-state index in [9.17, 15) is 22.8 Å². The molecule has 3 aromatic rings. The largest absolute Gasteiger partial charge is 0.348 e. The molecule has 6 nitrogen and oxygen atoms in total. The van der Waals surface area contributed by atoms with Gasteiger partial charge < -0.3 is 9.79 Å². The average molecular weight is 549 g/mol. The fourth-order valence-corrected chi connectivity index (χ4v) is 7.19. The molecule has 0 aliphatic carbocycles. The van der Waals surface area contributed by atoms with Crippen molar-refractivity contribution in [2.75, 3.05) is 4.31 Å². The zero-order chi connectivity index (χ0) is 20.7. The van der Waals surface area contributed by atoms with Crippen LogP contribution in [0, 0.1) is 0 Å². The Hall–Kier alpha value is -1.22. The van der Waals surface area contributed by atoms with Crippen LogP contribution in [0.1, 0.15) is 6.92 Å². The molecule has 2 N–H and O–H groups in total. The van der Waals surface area contributed by atoms with Gasteiger partial charge in [-0.1, -0.05) is 68.3 Å². The number of sulfonamides is 1. The number of hydrogen-bond donors (Lipinski definition) is 2. The highest BCUT2D eigenvalue weighted by Crippen LogP contribution is 2.47. The molecular weight excluding hydrogens is 533 g/mol. The van der Waals surface area contributed by atoms with Crippen LogP contribution < -0.4 is 4.31 Å². The van der Waals surface area contributed by atoms with Crippen molar-refractivity contribution in [3.8, 4) is 0 Å². The van der Waals surface area contributed by atoms with Crippen LogP contribution in [-0.2, 0) is 14.6 Å². The van der Waals surface area contributed by atoms with E-state index >= 15 is 0 Å². The SMILES string of the molecule is CC(N(c1cccc2ccccc12)S(=O)(=O)c1cc(Br)cc(Br)c1)P(=O)(O)O. The third kappa shape index (κ3) is 4.20. The predicted octanol–water partition coefficient (Wildman–Crippen LogP) is 5.08.